The second-order valence-electron chi connectivity index (χ2n) is 4.39. The molecular weight excluding hydrogens is 252 g/mol. The summed E-state index contributed by atoms with van der Waals surface area (Å²) < 4.78 is 5.77. The van der Waals surface area contributed by atoms with Gasteiger partial charge in [-0.1, -0.05) is 11.6 Å². The average Bonchev–Trinajstić information content (AvgIpc) is 2.41. The molecule has 0 saturated carbocycles. The Kier molecular flexibility index (Phi) is 5.16. The molecule has 0 aliphatic carbocycles. The summed E-state index contributed by atoms with van der Waals surface area (Å²) in [7, 11) is 0. The standard InChI is InChI=1S/C12H19ClN4O/c13-11-8-15-9-16-12(11)17-5-2-10(3-6-17)18-7-1-4-14/h8-10H,1-7,14H2. The third-order valence-corrected chi connectivity index (χ3v) is 3.36. The maximum absolute atomic E-state index is 6.08. The summed E-state index contributed by atoms with van der Waals surface area (Å²) in [5, 5.41) is 0.611. The highest BCUT2D eigenvalue weighted by Crippen LogP contribution is 2.25. The topological polar surface area (TPSA) is 64.3 Å². The van der Waals surface area contributed by atoms with E-state index in [4.69, 9.17) is 22.1 Å². The predicted octanol–water partition coefficient (Wildman–Crippen LogP) is 1.46. The van der Waals surface area contributed by atoms with Gasteiger partial charge in [0.2, 0.25) is 0 Å². The third kappa shape index (κ3) is 3.54. The Bertz CT molecular complexity index is 369. The average molecular weight is 271 g/mol. The number of halogens is 1. The zero-order chi connectivity index (χ0) is 12.8. The highest BCUT2D eigenvalue weighted by atomic mass is 35.5. The molecule has 1 aromatic rings. The first-order valence-electron chi connectivity index (χ1n) is 6.33. The van der Waals surface area contributed by atoms with E-state index in [1.807, 2.05) is 0 Å². The highest BCUT2D eigenvalue weighted by Gasteiger charge is 2.21. The number of aromatic nitrogens is 2. The summed E-state index contributed by atoms with van der Waals surface area (Å²) in [5.41, 5.74) is 5.44. The van der Waals surface area contributed by atoms with E-state index in [1.54, 1.807) is 6.20 Å². The molecule has 1 aromatic heterocycles. The molecule has 0 spiro atoms. The number of nitrogens with two attached hydrogens (primary N) is 1. The molecule has 0 bridgehead atoms. The minimum atomic E-state index is 0.341. The number of piperidine rings is 1. The normalized spacial score (nSPS) is 17.1. The Morgan fingerprint density at radius 3 is 2.89 bits per heavy atom. The molecule has 0 aromatic carbocycles. The van der Waals surface area contributed by atoms with E-state index in [1.165, 1.54) is 6.33 Å². The van der Waals surface area contributed by atoms with E-state index in [0.717, 1.165) is 44.8 Å². The Labute approximate surface area is 112 Å². The Balaban J connectivity index is 1.81. The van der Waals surface area contributed by atoms with Crippen molar-refractivity contribution in [2.75, 3.05) is 31.1 Å². The Morgan fingerprint density at radius 2 is 2.22 bits per heavy atom. The van der Waals surface area contributed by atoms with E-state index in [0.29, 0.717) is 17.7 Å². The van der Waals surface area contributed by atoms with Gasteiger partial charge in [-0.05, 0) is 25.8 Å². The van der Waals surface area contributed by atoms with Gasteiger partial charge in [-0.25, -0.2) is 9.97 Å². The van der Waals surface area contributed by atoms with Gasteiger partial charge in [0.15, 0.2) is 5.82 Å². The van der Waals surface area contributed by atoms with Crippen molar-refractivity contribution in [3.05, 3.63) is 17.5 Å². The van der Waals surface area contributed by atoms with Crippen molar-refractivity contribution in [2.24, 2.45) is 5.73 Å². The molecule has 1 fully saturated rings. The first-order valence-corrected chi connectivity index (χ1v) is 6.71. The van der Waals surface area contributed by atoms with Gasteiger partial charge in [-0.2, -0.15) is 0 Å². The molecule has 0 amide bonds. The van der Waals surface area contributed by atoms with Crippen molar-refractivity contribution >= 4 is 17.4 Å². The van der Waals surface area contributed by atoms with Crippen LogP contribution >= 0.6 is 11.6 Å². The lowest BCUT2D eigenvalue weighted by Gasteiger charge is -2.32. The minimum absolute atomic E-state index is 0.341. The van der Waals surface area contributed by atoms with Gasteiger partial charge in [0, 0.05) is 19.7 Å². The summed E-state index contributed by atoms with van der Waals surface area (Å²) in [4.78, 5) is 10.3. The van der Waals surface area contributed by atoms with Crippen LogP contribution in [0.15, 0.2) is 12.5 Å². The van der Waals surface area contributed by atoms with E-state index < -0.39 is 0 Å². The maximum Gasteiger partial charge on any atom is 0.150 e. The summed E-state index contributed by atoms with van der Waals surface area (Å²) in [6, 6.07) is 0. The fourth-order valence-corrected chi connectivity index (χ4v) is 2.33. The number of ether oxygens (including phenoxy) is 1. The van der Waals surface area contributed by atoms with Crippen LogP contribution in [0.5, 0.6) is 0 Å². The largest absolute Gasteiger partial charge is 0.378 e. The van der Waals surface area contributed by atoms with Crippen LogP contribution in [0.3, 0.4) is 0 Å². The molecule has 2 N–H and O–H groups in total. The Hall–Kier alpha value is -0.910. The fraction of sp³-hybridized carbons (Fsp3) is 0.667. The van der Waals surface area contributed by atoms with Gasteiger partial charge in [0.1, 0.15) is 11.3 Å². The molecule has 0 atom stereocenters. The summed E-state index contributed by atoms with van der Waals surface area (Å²) >= 11 is 6.08. The lowest BCUT2D eigenvalue weighted by molar-refractivity contribution is 0.0365. The zero-order valence-electron chi connectivity index (χ0n) is 10.4. The fourth-order valence-electron chi connectivity index (χ4n) is 2.11. The van der Waals surface area contributed by atoms with Gasteiger partial charge in [0.25, 0.3) is 0 Å². The molecule has 2 rings (SSSR count). The molecule has 100 valence electrons. The quantitative estimate of drug-likeness (QED) is 0.821. The van der Waals surface area contributed by atoms with E-state index in [2.05, 4.69) is 14.9 Å². The predicted molar refractivity (Wildman–Crippen MR) is 71.9 cm³/mol. The number of nitrogens with zero attached hydrogens (tertiary/aromatic N) is 3. The van der Waals surface area contributed by atoms with Gasteiger partial charge in [-0.15, -0.1) is 0 Å². The van der Waals surface area contributed by atoms with Crippen molar-refractivity contribution in [3.8, 4) is 0 Å². The molecule has 1 saturated heterocycles. The van der Waals surface area contributed by atoms with Crippen molar-refractivity contribution in [2.45, 2.75) is 25.4 Å². The monoisotopic (exact) mass is 270 g/mol. The summed E-state index contributed by atoms with van der Waals surface area (Å²) in [6.45, 7) is 3.29. The van der Waals surface area contributed by atoms with Crippen molar-refractivity contribution in [1.82, 2.24) is 9.97 Å². The molecule has 1 aliphatic heterocycles. The molecule has 18 heavy (non-hydrogen) atoms. The number of rotatable bonds is 5. The Morgan fingerprint density at radius 1 is 1.44 bits per heavy atom. The lowest BCUT2D eigenvalue weighted by atomic mass is 10.1. The van der Waals surface area contributed by atoms with Crippen molar-refractivity contribution < 1.29 is 4.74 Å². The van der Waals surface area contributed by atoms with Crippen LogP contribution < -0.4 is 10.6 Å². The van der Waals surface area contributed by atoms with Crippen LogP contribution in [0, 0.1) is 0 Å². The lowest BCUT2D eigenvalue weighted by Crippen LogP contribution is -2.37. The maximum atomic E-state index is 6.08. The molecule has 1 aliphatic rings. The molecule has 2 heterocycles. The third-order valence-electron chi connectivity index (χ3n) is 3.09. The highest BCUT2D eigenvalue weighted by molar-refractivity contribution is 6.32. The van der Waals surface area contributed by atoms with Gasteiger partial charge < -0.3 is 15.4 Å². The molecule has 0 radical (unpaired) electrons. The van der Waals surface area contributed by atoms with E-state index in [9.17, 15) is 0 Å². The minimum Gasteiger partial charge on any atom is -0.378 e. The van der Waals surface area contributed by atoms with Crippen LogP contribution in [-0.4, -0.2) is 42.3 Å². The summed E-state index contributed by atoms with van der Waals surface area (Å²) in [5.74, 6) is 0.826. The van der Waals surface area contributed by atoms with Crippen LogP contribution in [0.1, 0.15) is 19.3 Å². The first-order chi connectivity index (χ1) is 8.81. The van der Waals surface area contributed by atoms with Gasteiger partial charge in [-0.3, -0.25) is 0 Å². The van der Waals surface area contributed by atoms with Crippen LogP contribution in [-0.2, 0) is 4.74 Å². The van der Waals surface area contributed by atoms with E-state index >= 15 is 0 Å². The van der Waals surface area contributed by atoms with Crippen molar-refractivity contribution in [3.63, 3.8) is 0 Å². The second-order valence-corrected chi connectivity index (χ2v) is 4.80. The molecule has 6 heteroatoms. The van der Waals surface area contributed by atoms with Crippen LogP contribution in [0.25, 0.3) is 0 Å². The van der Waals surface area contributed by atoms with Crippen molar-refractivity contribution in [1.29, 1.82) is 0 Å². The molecular formula is C12H19ClN4O. The molecule has 5 nitrogen and oxygen atoms in total. The van der Waals surface area contributed by atoms with Gasteiger partial charge >= 0.3 is 0 Å². The number of hydrogen-bond donors (Lipinski definition) is 1. The van der Waals surface area contributed by atoms with Crippen LogP contribution in [0.4, 0.5) is 5.82 Å². The second kappa shape index (κ2) is 6.87. The van der Waals surface area contributed by atoms with Crippen LogP contribution in [0.2, 0.25) is 5.02 Å². The summed E-state index contributed by atoms with van der Waals surface area (Å²) in [6.07, 6.45) is 6.44. The smallest absolute Gasteiger partial charge is 0.150 e. The van der Waals surface area contributed by atoms with Gasteiger partial charge in [0.05, 0.1) is 12.3 Å². The first kappa shape index (κ1) is 13.5. The SMILES string of the molecule is NCCCOC1CCN(c2ncncc2Cl)CC1. The van der Waals surface area contributed by atoms with E-state index in [-0.39, 0.29) is 0 Å². The zero-order valence-corrected chi connectivity index (χ0v) is 11.1. The number of anilines is 1. The number of hydrogen-bond acceptors (Lipinski definition) is 5. The molecule has 0 unspecified atom stereocenters.